The molecule has 3 aromatic rings. The third-order valence-electron chi connectivity index (χ3n) is 5.85. The lowest BCUT2D eigenvalue weighted by Gasteiger charge is -2.25. The summed E-state index contributed by atoms with van der Waals surface area (Å²) in [4.78, 5) is 32.1. The van der Waals surface area contributed by atoms with Crippen molar-refractivity contribution in [3.8, 4) is 17.2 Å². The fourth-order valence-corrected chi connectivity index (χ4v) is 5.37. The van der Waals surface area contributed by atoms with Gasteiger partial charge in [0.1, 0.15) is 5.75 Å². The van der Waals surface area contributed by atoms with Crippen LogP contribution in [0.4, 0.5) is 0 Å². The van der Waals surface area contributed by atoms with E-state index in [0.717, 1.165) is 11.3 Å². The summed E-state index contributed by atoms with van der Waals surface area (Å²) in [6, 6.07) is 12.2. The molecule has 1 aliphatic heterocycles. The normalized spacial score (nSPS) is 15.2. The number of aromatic nitrogens is 1. The first kappa shape index (κ1) is 27.2. The molecule has 9 heteroatoms. The standard InChI is InChI=1S/C29H32N2O6S/c1-7-35-21-11-9-10-19(14-21)15-24-27(32)31-26(20-12-13-22(37-17(3)4)23(16-20)34-6)25(28(33)36-8-2)18(5)30-29(31)38-24/h9-17,26H,7-8H2,1-6H3. The Morgan fingerprint density at radius 2 is 1.92 bits per heavy atom. The van der Waals surface area contributed by atoms with E-state index < -0.39 is 12.0 Å². The predicted octanol–water partition coefficient (Wildman–Crippen LogP) is 3.99. The number of esters is 1. The Bertz CT molecular complexity index is 1550. The maximum Gasteiger partial charge on any atom is 0.338 e. The molecule has 0 saturated heterocycles. The van der Waals surface area contributed by atoms with Crippen LogP contribution in [0.25, 0.3) is 6.08 Å². The van der Waals surface area contributed by atoms with Crippen LogP contribution in [-0.4, -0.2) is 37.0 Å². The molecule has 0 spiro atoms. The summed E-state index contributed by atoms with van der Waals surface area (Å²) in [6.07, 6.45) is 1.76. The fourth-order valence-electron chi connectivity index (χ4n) is 4.32. The molecule has 0 aliphatic carbocycles. The van der Waals surface area contributed by atoms with Gasteiger partial charge in [-0.15, -0.1) is 0 Å². The highest BCUT2D eigenvalue weighted by atomic mass is 32.1. The molecule has 0 N–H and O–H groups in total. The number of rotatable bonds is 9. The highest BCUT2D eigenvalue weighted by Gasteiger charge is 2.34. The zero-order valence-electron chi connectivity index (χ0n) is 22.4. The molecule has 8 nitrogen and oxygen atoms in total. The Morgan fingerprint density at radius 1 is 1.13 bits per heavy atom. The van der Waals surface area contributed by atoms with Gasteiger partial charge in [-0.25, -0.2) is 9.79 Å². The average Bonchev–Trinajstić information content (AvgIpc) is 3.17. The summed E-state index contributed by atoms with van der Waals surface area (Å²) >= 11 is 1.27. The van der Waals surface area contributed by atoms with Gasteiger partial charge >= 0.3 is 5.97 Å². The second-order valence-electron chi connectivity index (χ2n) is 8.88. The molecule has 4 rings (SSSR count). The molecule has 0 fully saturated rings. The number of nitrogens with zero attached hydrogens (tertiary/aromatic N) is 2. The molecular weight excluding hydrogens is 504 g/mol. The molecule has 38 heavy (non-hydrogen) atoms. The van der Waals surface area contributed by atoms with Crippen LogP contribution in [0.5, 0.6) is 17.2 Å². The summed E-state index contributed by atoms with van der Waals surface area (Å²) in [6.45, 7) is 10.0. The monoisotopic (exact) mass is 536 g/mol. The van der Waals surface area contributed by atoms with Crippen molar-refractivity contribution in [1.82, 2.24) is 4.57 Å². The lowest BCUT2D eigenvalue weighted by atomic mass is 9.95. The smallest absolute Gasteiger partial charge is 0.338 e. The van der Waals surface area contributed by atoms with Gasteiger partial charge in [-0.1, -0.05) is 29.5 Å². The van der Waals surface area contributed by atoms with E-state index in [1.165, 1.54) is 11.3 Å². The number of hydrogen-bond acceptors (Lipinski definition) is 8. The van der Waals surface area contributed by atoms with Crippen molar-refractivity contribution in [2.75, 3.05) is 20.3 Å². The van der Waals surface area contributed by atoms with E-state index in [9.17, 15) is 9.59 Å². The van der Waals surface area contributed by atoms with Gasteiger partial charge in [-0.2, -0.15) is 0 Å². The summed E-state index contributed by atoms with van der Waals surface area (Å²) in [5.74, 6) is 1.29. The van der Waals surface area contributed by atoms with E-state index in [2.05, 4.69) is 4.99 Å². The lowest BCUT2D eigenvalue weighted by molar-refractivity contribution is -0.139. The minimum absolute atomic E-state index is 0.0501. The molecule has 1 aromatic heterocycles. The van der Waals surface area contributed by atoms with E-state index in [4.69, 9.17) is 18.9 Å². The quantitative estimate of drug-likeness (QED) is 0.384. The highest BCUT2D eigenvalue weighted by Crippen LogP contribution is 2.36. The van der Waals surface area contributed by atoms with Gasteiger partial charge in [0, 0.05) is 0 Å². The molecule has 2 aromatic carbocycles. The second-order valence-corrected chi connectivity index (χ2v) is 9.89. The van der Waals surface area contributed by atoms with Gasteiger partial charge in [-0.3, -0.25) is 9.36 Å². The molecule has 1 aliphatic rings. The van der Waals surface area contributed by atoms with Gasteiger partial charge in [0.25, 0.3) is 5.56 Å². The third kappa shape index (κ3) is 5.52. The Morgan fingerprint density at radius 3 is 2.61 bits per heavy atom. The molecular formula is C29H32N2O6S. The van der Waals surface area contributed by atoms with E-state index in [-0.39, 0.29) is 18.3 Å². The van der Waals surface area contributed by atoms with Crippen LogP contribution in [0.3, 0.4) is 0 Å². The molecule has 2 heterocycles. The third-order valence-corrected chi connectivity index (χ3v) is 6.83. The predicted molar refractivity (Wildman–Crippen MR) is 147 cm³/mol. The van der Waals surface area contributed by atoms with Crippen LogP contribution in [-0.2, 0) is 9.53 Å². The molecule has 0 bridgehead atoms. The maximum atomic E-state index is 13.8. The second kappa shape index (κ2) is 11.7. The molecule has 0 amide bonds. The molecule has 0 radical (unpaired) electrons. The molecule has 0 saturated carbocycles. The zero-order valence-corrected chi connectivity index (χ0v) is 23.3. The number of benzene rings is 2. The number of ether oxygens (including phenoxy) is 4. The van der Waals surface area contributed by atoms with E-state index in [0.29, 0.717) is 44.3 Å². The van der Waals surface area contributed by atoms with Crippen LogP contribution in [0.2, 0.25) is 0 Å². The van der Waals surface area contributed by atoms with Crippen molar-refractivity contribution in [3.63, 3.8) is 0 Å². The molecule has 200 valence electrons. The maximum absolute atomic E-state index is 13.8. The fraction of sp³-hybridized carbons (Fsp3) is 0.345. The Hall–Kier alpha value is -3.85. The van der Waals surface area contributed by atoms with Gasteiger partial charge in [0.15, 0.2) is 16.3 Å². The van der Waals surface area contributed by atoms with Crippen LogP contribution < -0.4 is 29.1 Å². The minimum atomic E-state index is -0.746. The summed E-state index contributed by atoms with van der Waals surface area (Å²) in [5.41, 5.74) is 2.07. The molecule has 1 unspecified atom stereocenters. The van der Waals surface area contributed by atoms with Crippen LogP contribution in [0, 0.1) is 0 Å². The zero-order chi connectivity index (χ0) is 27.4. The van der Waals surface area contributed by atoms with Crippen molar-refractivity contribution in [3.05, 3.63) is 84.5 Å². The number of carbonyl (C=O) groups is 1. The number of thiazole rings is 1. The van der Waals surface area contributed by atoms with E-state index >= 15 is 0 Å². The van der Waals surface area contributed by atoms with Crippen LogP contribution in [0.1, 0.15) is 51.8 Å². The summed E-state index contributed by atoms with van der Waals surface area (Å²) in [5, 5.41) is 0. The molecule has 1 atom stereocenters. The Kier molecular flexibility index (Phi) is 8.36. The van der Waals surface area contributed by atoms with Gasteiger partial charge in [-0.05, 0) is 76.1 Å². The van der Waals surface area contributed by atoms with Crippen molar-refractivity contribution in [2.45, 2.75) is 46.8 Å². The number of methoxy groups -OCH3 is 1. The van der Waals surface area contributed by atoms with Gasteiger partial charge < -0.3 is 18.9 Å². The first-order valence-corrected chi connectivity index (χ1v) is 13.4. The van der Waals surface area contributed by atoms with Gasteiger partial charge in [0.05, 0.1) is 48.3 Å². The number of carbonyl (C=O) groups excluding carboxylic acids is 1. The lowest BCUT2D eigenvalue weighted by Crippen LogP contribution is -2.40. The topological polar surface area (TPSA) is 88.4 Å². The Labute approximate surface area is 225 Å². The SMILES string of the molecule is CCOC(=O)C1=C(C)N=c2sc(=Cc3cccc(OCC)c3)c(=O)n2C1c1ccc(OC(C)C)c(OC)c1. The first-order chi connectivity index (χ1) is 18.3. The first-order valence-electron chi connectivity index (χ1n) is 12.5. The number of fused-ring (bicyclic) bond motifs is 1. The van der Waals surface area contributed by atoms with Gasteiger partial charge in [0.2, 0.25) is 0 Å². The number of allylic oxidation sites excluding steroid dienone is 1. The average molecular weight is 537 g/mol. The van der Waals surface area contributed by atoms with Crippen LogP contribution >= 0.6 is 11.3 Å². The van der Waals surface area contributed by atoms with Crippen molar-refractivity contribution in [2.24, 2.45) is 4.99 Å². The summed E-state index contributed by atoms with van der Waals surface area (Å²) in [7, 11) is 1.56. The van der Waals surface area contributed by atoms with Crippen molar-refractivity contribution < 1.29 is 23.7 Å². The van der Waals surface area contributed by atoms with Crippen molar-refractivity contribution >= 4 is 23.4 Å². The largest absolute Gasteiger partial charge is 0.494 e. The highest BCUT2D eigenvalue weighted by molar-refractivity contribution is 7.07. The minimum Gasteiger partial charge on any atom is -0.494 e. The number of hydrogen-bond donors (Lipinski definition) is 0. The Balaban J connectivity index is 1.92. The van der Waals surface area contributed by atoms with Crippen LogP contribution in [0.15, 0.2) is 63.5 Å². The van der Waals surface area contributed by atoms with E-state index in [1.54, 1.807) is 37.7 Å². The van der Waals surface area contributed by atoms with E-state index in [1.807, 2.05) is 57.2 Å². The summed E-state index contributed by atoms with van der Waals surface area (Å²) < 4.78 is 24.5. The van der Waals surface area contributed by atoms with Crippen molar-refractivity contribution in [1.29, 1.82) is 0 Å².